The van der Waals surface area contributed by atoms with E-state index in [1.165, 1.54) is 308 Å². The first-order valence-corrected chi connectivity index (χ1v) is 35.3. The first-order chi connectivity index (χ1) is 38.7. The van der Waals surface area contributed by atoms with E-state index >= 15 is 0 Å². The molecule has 0 heterocycles. The summed E-state index contributed by atoms with van der Waals surface area (Å²) in [7, 11) is 0. The van der Waals surface area contributed by atoms with Crippen molar-refractivity contribution in [2.45, 2.75) is 362 Å². The van der Waals surface area contributed by atoms with Crippen molar-refractivity contribution in [1.29, 1.82) is 0 Å². The number of hydrogen-bond donors (Lipinski definition) is 0. The summed E-state index contributed by atoms with van der Waals surface area (Å²) in [5.74, 6) is 3.82. The molecule has 0 unspecified atom stereocenters. The lowest BCUT2D eigenvalue weighted by Crippen LogP contribution is -2.04. The van der Waals surface area contributed by atoms with E-state index in [4.69, 9.17) is 18.9 Å². The molecule has 78 heavy (non-hydrogen) atoms. The van der Waals surface area contributed by atoms with E-state index in [1.807, 2.05) is 0 Å². The van der Waals surface area contributed by atoms with Crippen molar-refractivity contribution in [3.8, 4) is 23.0 Å². The maximum Gasteiger partial charge on any atom is 0.135 e. The maximum atomic E-state index is 6.97. The Morgan fingerprint density at radius 3 is 0.577 bits per heavy atom. The van der Waals surface area contributed by atoms with Gasteiger partial charge in [0.25, 0.3) is 0 Å². The van der Waals surface area contributed by atoms with E-state index < -0.39 is 0 Å². The van der Waals surface area contributed by atoms with Gasteiger partial charge in [0.15, 0.2) is 0 Å². The van der Waals surface area contributed by atoms with Gasteiger partial charge in [0, 0.05) is 21.5 Å². The molecule has 0 aliphatic heterocycles. The van der Waals surface area contributed by atoms with Crippen LogP contribution in [0.4, 0.5) is 0 Å². The number of rotatable bonds is 60. The minimum atomic E-state index is 0.725. The van der Waals surface area contributed by atoms with E-state index in [9.17, 15) is 0 Å². The number of hydrogen-bond acceptors (Lipinski definition) is 4. The molecule has 0 saturated heterocycles. The second-order valence-corrected chi connectivity index (χ2v) is 24.4. The largest absolute Gasteiger partial charge is 0.494 e. The smallest absolute Gasteiger partial charge is 0.135 e. The summed E-state index contributed by atoms with van der Waals surface area (Å²) in [6.07, 6.45) is 70.4. The lowest BCUT2D eigenvalue weighted by molar-refractivity contribution is 0.300. The predicted molar refractivity (Wildman–Crippen MR) is 346 cm³/mol. The van der Waals surface area contributed by atoms with Crippen molar-refractivity contribution in [3.05, 3.63) is 36.4 Å². The maximum absolute atomic E-state index is 6.97. The third kappa shape index (κ3) is 36.0. The molecule has 3 rings (SSSR count). The van der Waals surface area contributed by atoms with Gasteiger partial charge in [-0.05, 0) is 62.1 Å². The summed E-state index contributed by atoms with van der Waals surface area (Å²) in [5.41, 5.74) is 0. The Labute approximate surface area is 485 Å². The highest BCUT2D eigenvalue weighted by Crippen LogP contribution is 2.45. The number of unbranched alkanes of at least 4 members (excludes halogenated alkanes) is 48. The zero-order valence-corrected chi connectivity index (χ0v) is 52.7. The molecule has 0 saturated carbocycles. The molecule has 3 aromatic rings. The van der Waals surface area contributed by atoms with Crippen LogP contribution in [0.25, 0.3) is 21.5 Å². The van der Waals surface area contributed by atoms with Crippen LogP contribution in [0.2, 0.25) is 0 Å². The van der Waals surface area contributed by atoms with Gasteiger partial charge in [-0.15, -0.1) is 0 Å². The third-order valence-corrected chi connectivity index (χ3v) is 17.0. The molecule has 0 aliphatic rings. The van der Waals surface area contributed by atoms with Gasteiger partial charge in [-0.1, -0.05) is 336 Å². The molecule has 3 aromatic carbocycles. The standard InChI is InChI=1S/C74H130O4/c1-5-9-13-17-21-25-29-33-37-41-45-49-53-61-75-67-57-59-69-71(65-67)73(77-63-55-51-47-43-39-35-31-27-23-19-15-11-7-3)70-60-58-68(76-62-54-50-46-42-38-34-30-26-22-18-14-10-6-2)66-72(70)74(69)78-64-56-52-48-44-40-36-32-28-24-20-16-12-8-4/h57-60,65-66H,5-56,61-64H2,1-4H3. The third-order valence-electron chi connectivity index (χ3n) is 17.0. The highest BCUT2D eigenvalue weighted by Gasteiger charge is 2.19. The summed E-state index contributed by atoms with van der Waals surface area (Å²) in [4.78, 5) is 0. The second-order valence-electron chi connectivity index (χ2n) is 24.4. The lowest BCUT2D eigenvalue weighted by atomic mass is 9.99. The minimum absolute atomic E-state index is 0.725. The van der Waals surface area contributed by atoms with Gasteiger partial charge in [0.05, 0.1) is 26.4 Å². The highest BCUT2D eigenvalue weighted by atomic mass is 16.5. The van der Waals surface area contributed by atoms with Crippen molar-refractivity contribution in [3.63, 3.8) is 0 Å². The molecule has 0 spiro atoms. The number of benzene rings is 3. The second kappa shape index (κ2) is 52.5. The zero-order chi connectivity index (χ0) is 55.3. The Morgan fingerprint density at radius 2 is 0.372 bits per heavy atom. The van der Waals surface area contributed by atoms with Gasteiger partial charge >= 0.3 is 0 Å². The molecule has 4 heteroatoms. The van der Waals surface area contributed by atoms with Gasteiger partial charge in [-0.2, -0.15) is 0 Å². The van der Waals surface area contributed by atoms with Crippen LogP contribution in [0.5, 0.6) is 23.0 Å². The molecule has 0 bridgehead atoms. The number of ether oxygens (including phenoxy) is 4. The summed E-state index contributed by atoms with van der Waals surface area (Å²) in [6.45, 7) is 12.2. The van der Waals surface area contributed by atoms with Crippen LogP contribution < -0.4 is 18.9 Å². The minimum Gasteiger partial charge on any atom is -0.494 e. The predicted octanol–water partition coefficient (Wildman–Crippen LogP) is 25.9. The molecular formula is C74H130O4. The molecule has 4 nitrogen and oxygen atoms in total. The molecule has 450 valence electrons. The average Bonchev–Trinajstić information content (AvgIpc) is 3.53. The quantitative estimate of drug-likeness (QED) is 0.0417. The molecule has 0 amide bonds. The Morgan fingerprint density at radius 1 is 0.192 bits per heavy atom. The molecule has 0 N–H and O–H groups in total. The van der Waals surface area contributed by atoms with E-state index in [0.717, 1.165) is 96.7 Å². The summed E-state index contributed by atoms with van der Waals surface area (Å²) in [5, 5.41) is 4.47. The van der Waals surface area contributed by atoms with Crippen molar-refractivity contribution in [2.75, 3.05) is 26.4 Å². The molecule has 0 aliphatic carbocycles. The Hall–Kier alpha value is -2.62. The van der Waals surface area contributed by atoms with E-state index in [-0.39, 0.29) is 0 Å². The van der Waals surface area contributed by atoms with Crippen molar-refractivity contribution in [2.24, 2.45) is 0 Å². The van der Waals surface area contributed by atoms with Gasteiger partial charge in [0.1, 0.15) is 23.0 Å². The van der Waals surface area contributed by atoms with Gasteiger partial charge in [0.2, 0.25) is 0 Å². The average molecular weight is 1080 g/mol. The Kier molecular flexibility index (Phi) is 46.8. The van der Waals surface area contributed by atoms with Crippen LogP contribution in [-0.4, -0.2) is 26.4 Å². The van der Waals surface area contributed by atoms with Gasteiger partial charge in [-0.3, -0.25) is 0 Å². The number of fused-ring (bicyclic) bond motifs is 2. The van der Waals surface area contributed by atoms with E-state index in [2.05, 4.69) is 64.1 Å². The molecule has 0 atom stereocenters. The molecule has 0 fully saturated rings. The Bertz CT molecular complexity index is 1620. The normalized spacial score (nSPS) is 11.6. The van der Waals surface area contributed by atoms with Gasteiger partial charge < -0.3 is 18.9 Å². The summed E-state index contributed by atoms with van der Waals surface area (Å²) in [6, 6.07) is 13.4. The van der Waals surface area contributed by atoms with Crippen LogP contribution in [0.15, 0.2) is 36.4 Å². The monoisotopic (exact) mass is 1080 g/mol. The fourth-order valence-corrected chi connectivity index (χ4v) is 11.8. The SMILES string of the molecule is CCCCCCCCCCCCCCCOc1ccc2c(OCCCCCCCCCCCCCCC)c3cc(OCCCCCCCCCCCCCCC)ccc3c(OCCCCCCCCCCCCCCC)c2c1. The van der Waals surface area contributed by atoms with E-state index in [0.29, 0.717) is 0 Å². The molecule has 0 radical (unpaired) electrons. The Balaban J connectivity index is 1.65. The van der Waals surface area contributed by atoms with Crippen LogP contribution in [0.3, 0.4) is 0 Å². The van der Waals surface area contributed by atoms with Crippen LogP contribution >= 0.6 is 0 Å². The summed E-state index contributed by atoms with van der Waals surface area (Å²) >= 11 is 0. The first-order valence-electron chi connectivity index (χ1n) is 35.3. The van der Waals surface area contributed by atoms with Crippen LogP contribution in [-0.2, 0) is 0 Å². The van der Waals surface area contributed by atoms with Crippen LogP contribution in [0, 0.1) is 0 Å². The van der Waals surface area contributed by atoms with E-state index in [1.54, 1.807) is 0 Å². The highest BCUT2D eigenvalue weighted by molar-refractivity contribution is 6.11. The van der Waals surface area contributed by atoms with Crippen molar-refractivity contribution >= 4 is 21.5 Å². The topological polar surface area (TPSA) is 36.9 Å². The first kappa shape index (κ1) is 69.6. The van der Waals surface area contributed by atoms with Crippen molar-refractivity contribution < 1.29 is 18.9 Å². The fourth-order valence-electron chi connectivity index (χ4n) is 11.8. The van der Waals surface area contributed by atoms with Crippen LogP contribution in [0.1, 0.15) is 362 Å². The molecule has 0 aromatic heterocycles. The lowest BCUT2D eigenvalue weighted by Gasteiger charge is -2.20. The molecular weight excluding hydrogens is 953 g/mol. The fraction of sp³-hybridized carbons (Fsp3) is 0.811. The summed E-state index contributed by atoms with van der Waals surface area (Å²) < 4.78 is 27.0. The van der Waals surface area contributed by atoms with Crippen molar-refractivity contribution in [1.82, 2.24) is 0 Å². The van der Waals surface area contributed by atoms with Gasteiger partial charge in [-0.25, -0.2) is 0 Å². The zero-order valence-electron chi connectivity index (χ0n) is 52.7.